The fraction of sp³-hybridized carbons (Fsp3) is 1.00. The van der Waals surface area contributed by atoms with Crippen LogP contribution in [0.15, 0.2) is 0 Å². The number of ether oxygens (including phenoxy) is 4. The highest BCUT2D eigenvalue weighted by Gasteiger charge is 2.47. The first-order valence-corrected chi connectivity index (χ1v) is 10.7. The summed E-state index contributed by atoms with van der Waals surface area (Å²) >= 11 is 0. The molecule has 1 saturated carbocycles. The molecule has 2 aliphatic heterocycles. The highest BCUT2D eigenvalue weighted by atomic mass is 16.7. The lowest BCUT2D eigenvalue weighted by atomic mass is 9.84. The van der Waals surface area contributed by atoms with Crippen molar-refractivity contribution in [2.24, 2.45) is 17.2 Å². The van der Waals surface area contributed by atoms with Gasteiger partial charge in [-0.2, -0.15) is 0 Å². The third-order valence-electron chi connectivity index (χ3n) is 6.38. The van der Waals surface area contributed by atoms with Crippen molar-refractivity contribution in [1.82, 2.24) is 5.32 Å². The summed E-state index contributed by atoms with van der Waals surface area (Å²) in [4.78, 5) is 0. The Kier molecular flexibility index (Phi) is 8.24. The molecule has 1 aliphatic carbocycles. The van der Waals surface area contributed by atoms with Gasteiger partial charge in [0.2, 0.25) is 0 Å². The number of likely N-dealkylation sites (N-methyl/N-ethyl adjacent to an activating group) is 1. The van der Waals surface area contributed by atoms with Crippen LogP contribution >= 0.6 is 0 Å². The van der Waals surface area contributed by atoms with Gasteiger partial charge >= 0.3 is 0 Å². The Morgan fingerprint density at radius 1 is 1.00 bits per heavy atom. The topological polar surface area (TPSA) is 167 Å². The SMILES string of the molecule is CN[C@@H](C)[C@@H]1C[C@H](O[C@H]2[C@@H](O)[C@@H](O[C@H]3OCCC[C@H]3O)[C@@H](N)C[C@H]2N)[C@H](N)CO1. The first kappa shape index (κ1) is 23.3. The quantitative estimate of drug-likeness (QED) is 0.278. The molecule has 0 aromatic carbocycles. The van der Waals surface area contributed by atoms with Crippen LogP contribution in [0.2, 0.25) is 0 Å². The average Bonchev–Trinajstić information content (AvgIpc) is 2.70. The van der Waals surface area contributed by atoms with Crippen LogP contribution in [-0.4, -0.2) is 97.6 Å². The molecule has 11 atom stereocenters. The van der Waals surface area contributed by atoms with Crippen molar-refractivity contribution in [1.29, 1.82) is 0 Å². The van der Waals surface area contributed by atoms with Crippen LogP contribution in [0.5, 0.6) is 0 Å². The zero-order valence-corrected chi connectivity index (χ0v) is 17.4. The molecular formula is C19H38N4O6. The van der Waals surface area contributed by atoms with Crippen LogP contribution in [0.4, 0.5) is 0 Å². The Labute approximate surface area is 172 Å². The Bertz CT molecular complexity index is 517. The van der Waals surface area contributed by atoms with Crippen LogP contribution < -0.4 is 22.5 Å². The molecule has 0 radical (unpaired) electrons. The standard InChI is InChI=1S/C19H38N4O6/c1-9(23-2)14-7-15(12(22)8-27-14)28-17-10(20)6-11(21)18(16(17)25)29-19-13(24)4-3-5-26-19/h9-19,23-25H,3-8,20-22H2,1-2H3/t9-,10+,11-,12+,13+,14-,15-,16+,17+,18-,19+/m0/s1. The van der Waals surface area contributed by atoms with Crippen LogP contribution in [0.25, 0.3) is 0 Å². The van der Waals surface area contributed by atoms with Crippen molar-refractivity contribution in [2.45, 2.75) is 99.7 Å². The lowest BCUT2D eigenvalue weighted by molar-refractivity contribution is -0.269. The summed E-state index contributed by atoms with van der Waals surface area (Å²) in [6, 6.07) is -1.11. The molecular weight excluding hydrogens is 380 g/mol. The molecule has 0 aromatic heterocycles. The Morgan fingerprint density at radius 3 is 2.34 bits per heavy atom. The van der Waals surface area contributed by atoms with Crippen molar-refractivity contribution in [3.8, 4) is 0 Å². The molecule has 0 spiro atoms. The van der Waals surface area contributed by atoms with Gasteiger partial charge in [-0.3, -0.25) is 0 Å². The fourth-order valence-electron chi connectivity index (χ4n) is 4.37. The number of rotatable bonds is 6. The van der Waals surface area contributed by atoms with E-state index < -0.39 is 42.8 Å². The molecule has 0 aromatic rings. The maximum Gasteiger partial charge on any atom is 0.183 e. The second-order valence-electron chi connectivity index (χ2n) is 8.59. The molecule has 9 N–H and O–H groups in total. The van der Waals surface area contributed by atoms with Crippen LogP contribution in [0.1, 0.15) is 32.6 Å². The number of hydrogen-bond acceptors (Lipinski definition) is 10. The van der Waals surface area contributed by atoms with Crippen LogP contribution in [0.3, 0.4) is 0 Å². The maximum absolute atomic E-state index is 11.0. The van der Waals surface area contributed by atoms with Gasteiger partial charge < -0.3 is 51.7 Å². The van der Waals surface area contributed by atoms with E-state index in [-0.39, 0.29) is 24.3 Å². The maximum atomic E-state index is 11.0. The Morgan fingerprint density at radius 2 is 1.69 bits per heavy atom. The predicted molar refractivity (Wildman–Crippen MR) is 106 cm³/mol. The van der Waals surface area contributed by atoms with Gasteiger partial charge in [0, 0.05) is 31.2 Å². The van der Waals surface area contributed by atoms with Crippen molar-refractivity contribution in [3.05, 3.63) is 0 Å². The minimum atomic E-state index is -1.05. The summed E-state index contributed by atoms with van der Waals surface area (Å²) in [6.07, 6.45) is -2.01. The molecule has 29 heavy (non-hydrogen) atoms. The van der Waals surface area contributed by atoms with Gasteiger partial charge in [0.25, 0.3) is 0 Å². The third kappa shape index (κ3) is 5.45. The van der Waals surface area contributed by atoms with Crippen molar-refractivity contribution in [3.63, 3.8) is 0 Å². The van der Waals surface area contributed by atoms with E-state index in [1.54, 1.807) is 0 Å². The Hall–Kier alpha value is -0.400. The summed E-state index contributed by atoms with van der Waals surface area (Å²) in [5.41, 5.74) is 18.7. The molecule has 3 aliphatic rings. The van der Waals surface area contributed by atoms with E-state index in [1.807, 2.05) is 14.0 Å². The van der Waals surface area contributed by atoms with Crippen LogP contribution in [-0.2, 0) is 18.9 Å². The van der Waals surface area contributed by atoms with E-state index in [9.17, 15) is 10.2 Å². The highest BCUT2D eigenvalue weighted by molar-refractivity contribution is 5.00. The summed E-state index contributed by atoms with van der Waals surface area (Å²) in [5, 5.41) is 24.3. The molecule has 10 nitrogen and oxygen atoms in total. The molecule has 170 valence electrons. The molecule has 3 fully saturated rings. The van der Waals surface area contributed by atoms with Gasteiger partial charge in [-0.15, -0.1) is 0 Å². The zero-order chi connectivity index (χ0) is 21.1. The summed E-state index contributed by atoms with van der Waals surface area (Å²) in [6.45, 7) is 2.92. The molecule has 0 bridgehead atoms. The summed E-state index contributed by atoms with van der Waals surface area (Å²) < 4.78 is 23.5. The molecule has 0 amide bonds. The summed E-state index contributed by atoms with van der Waals surface area (Å²) in [7, 11) is 1.88. The largest absolute Gasteiger partial charge is 0.388 e. The first-order chi connectivity index (χ1) is 13.8. The van der Waals surface area contributed by atoms with Crippen molar-refractivity contribution < 1.29 is 29.2 Å². The van der Waals surface area contributed by atoms with Gasteiger partial charge in [-0.1, -0.05) is 0 Å². The summed E-state index contributed by atoms with van der Waals surface area (Å²) in [5.74, 6) is 0. The second-order valence-corrected chi connectivity index (χ2v) is 8.59. The number of nitrogens with two attached hydrogens (primary N) is 3. The predicted octanol–water partition coefficient (Wildman–Crippen LogP) is -2.23. The fourth-order valence-corrected chi connectivity index (χ4v) is 4.37. The van der Waals surface area contributed by atoms with E-state index in [1.165, 1.54) is 0 Å². The highest BCUT2D eigenvalue weighted by Crippen LogP contribution is 2.29. The number of aliphatic hydroxyl groups is 2. The first-order valence-electron chi connectivity index (χ1n) is 10.7. The van der Waals surface area contributed by atoms with Gasteiger partial charge in [-0.25, -0.2) is 0 Å². The minimum absolute atomic E-state index is 0.0400. The second kappa shape index (κ2) is 10.3. The van der Waals surface area contributed by atoms with E-state index in [4.69, 9.17) is 36.1 Å². The number of hydrogen-bond donors (Lipinski definition) is 6. The van der Waals surface area contributed by atoms with Gasteiger partial charge in [0.05, 0.1) is 24.9 Å². The monoisotopic (exact) mass is 418 g/mol. The van der Waals surface area contributed by atoms with Gasteiger partial charge in [0.15, 0.2) is 6.29 Å². The van der Waals surface area contributed by atoms with Crippen molar-refractivity contribution >= 4 is 0 Å². The normalized spacial score (nSPS) is 47.7. The van der Waals surface area contributed by atoms with E-state index >= 15 is 0 Å². The lowest BCUT2D eigenvalue weighted by Crippen LogP contribution is -2.65. The van der Waals surface area contributed by atoms with E-state index in [2.05, 4.69) is 5.32 Å². The van der Waals surface area contributed by atoms with E-state index in [0.29, 0.717) is 32.5 Å². The average molecular weight is 419 g/mol. The molecule has 2 saturated heterocycles. The number of aliphatic hydroxyl groups excluding tert-OH is 2. The van der Waals surface area contributed by atoms with Gasteiger partial charge in [0.1, 0.15) is 24.4 Å². The van der Waals surface area contributed by atoms with Crippen LogP contribution in [0, 0.1) is 0 Å². The minimum Gasteiger partial charge on any atom is -0.388 e. The lowest BCUT2D eigenvalue weighted by Gasteiger charge is -2.46. The molecule has 2 heterocycles. The Balaban J connectivity index is 1.65. The smallest absolute Gasteiger partial charge is 0.183 e. The zero-order valence-electron chi connectivity index (χ0n) is 17.4. The van der Waals surface area contributed by atoms with E-state index in [0.717, 1.165) is 6.42 Å². The molecule has 10 heteroatoms. The van der Waals surface area contributed by atoms with Gasteiger partial charge in [-0.05, 0) is 33.2 Å². The third-order valence-corrected chi connectivity index (χ3v) is 6.38. The molecule has 0 unspecified atom stereocenters. The number of nitrogens with one attached hydrogen (secondary N) is 1. The molecule has 3 rings (SSSR count). The van der Waals surface area contributed by atoms with Crippen molar-refractivity contribution in [2.75, 3.05) is 20.3 Å².